The van der Waals surface area contributed by atoms with Crippen molar-refractivity contribution in [2.75, 3.05) is 26.7 Å². The number of sulfonamides is 1. The minimum absolute atomic E-state index is 0.0587. The summed E-state index contributed by atoms with van der Waals surface area (Å²) >= 11 is 0. The van der Waals surface area contributed by atoms with E-state index in [1.165, 1.54) is 24.3 Å². The number of hydrogen-bond donors (Lipinski definition) is 2. The minimum atomic E-state index is -3.70. The number of benzene rings is 2. The lowest BCUT2D eigenvalue weighted by atomic mass is 10.1. The smallest absolute Gasteiger partial charge is 0.238 e. The topological polar surface area (TPSA) is 102 Å². The number of likely N-dealkylation sites (N-methyl/N-ethyl adjacent to an activating group) is 1. The molecule has 1 amide bonds. The normalized spacial score (nSPS) is 12.6. The average molecular weight is 424 g/mol. The number of rotatable bonds is 10. The third-order valence-corrected chi connectivity index (χ3v) is 5.46. The summed E-state index contributed by atoms with van der Waals surface area (Å²) in [4.78, 5) is 14.2. The van der Waals surface area contributed by atoms with Crippen LogP contribution in [0.4, 0.5) is 4.39 Å². The maximum absolute atomic E-state index is 12.9. The van der Waals surface area contributed by atoms with Crippen molar-refractivity contribution in [1.82, 2.24) is 10.2 Å². The summed E-state index contributed by atoms with van der Waals surface area (Å²) in [7, 11) is -1.88. The Morgan fingerprint density at radius 3 is 2.38 bits per heavy atom. The van der Waals surface area contributed by atoms with E-state index >= 15 is 0 Å². The molecular formula is C20H26FN3O4S. The zero-order valence-corrected chi connectivity index (χ0v) is 17.3. The van der Waals surface area contributed by atoms with Crippen molar-refractivity contribution >= 4 is 15.9 Å². The van der Waals surface area contributed by atoms with Crippen molar-refractivity contribution in [1.29, 1.82) is 0 Å². The predicted octanol–water partition coefficient (Wildman–Crippen LogP) is 1.53. The van der Waals surface area contributed by atoms with Crippen LogP contribution >= 0.6 is 0 Å². The van der Waals surface area contributed by atoms with E-state index in [2.05, 4.69) is 5.32 Å². The molecule has 7 nitrogen and oxygen atoms in total. The molecule has 0 saturated carbocycles. The number of nitrogens with one attached hydrogen (secondary N) is 1. The molecule has 0 bridgehead atoms. The van der Waals surface area contributed by atoms with Crippen LogP contribution in [0, 0.1) is 5.82 Å². The van der Waals surface area contributed by atoms with Crippen molar-refractivity contribution in [2.24, 2.45) is 5.14 Å². The fourth-order valence-corrected chi connectivity index (χ4v) is 3.07. The predicted molar refractivity (Wildman–Crippen MR) is 109 cm³/mol. The molecule has 0 heterocycles. The lowest BCUT2D eigenvalue weighted by molar-refractivity contribution is -0.125. The maximum Gasteiger partial charge on any atom is 0.238 e. The zero-order chi connectivity index (χ0) is 21.4. The highest BCUT2D eigenvalue weighted by Gasteiger charge is 2.17. The average Bonchev–Trinajstić information content (AvgIpc) is 2.68. The number of amides is 1. The molecule has 0 fully saturated rings. The second kappa shape index (κ2) is 10.3. The lowest BCUT2D eigenvalue weighted by Crippen LogP contribution is -2.45. The van der Waals surface area contributed by atoms with Gasteiger partial charge >= 0.3 is 0 Å². The molecule has 2 rings (SSSR count). The highest BCUT2D eigenvalue weighted by Crippen LogP contribution is 2.11. The Hall–Kier alpha value is -2.49. The number of halogens is 1. The quantitative estimate of drug-likeness (QED) is 0.604. The highest BCUT2D eigenvalue weighted by atomic mass is 32.2. The number of carbonyl (C=O) groups is 1. The number of primary sulfonamides is 1. The zero-order valence-electron chi connectivity index (χ0n) is 16.5. The molecule has 0 aliphatic rings. The van der Waals surface area contributed by atoms with Gasteiger partial charge in [-0.3, -0.25) is 9.69 Å². The largest absolute Gasteiger partial charge is 0.492 e. The van der Waals surface area contributed by atoms with E-state index in [1.807, 2.05) is 11.9 Å². The number of carbonyl (C=O) groups excluding carboxylic acids is 1. The molecule has 158 valence electrons. The van der Waals surface area contributed by atoms with E-state index in [0.717, 1.165) is 5.56 Å². The summed E-state index contributed by atoms with van der Waals surface area (Å²) in [6.07, 6.45) is 0.570. The van der Waals surface area contributed by atoms with Gasteiger partial charge in [-0.2, -0.15) is 0 Å². The van der Waals surface area contributed by atoms with Crippen LogP contribution in [0.3, 0.4) is 0 Å². The van der Waals surface area contributed by atoms with Crippen molar-refractivity contribution in [2.45, 2.75) is 24.3 Å². The van der Waals surface area contributed by atoms with E-state index < -0.39 is 10.0 Å². The van der Waals surface area contributed by atoms with Crippen LogP contribution in [0.1, 0.15) is 12.5 Å². The second-order valence-electron chi connectivity index (χ2n) is 6.69. The van der Waals surface area contributed by atoms with Crippen molar-refractivity contribution in [3.8, 4) is 5.75 Å². The molecule has 0 aliphatic heterocycles. The van der Waals surface area contributed by atoms with E-state index in [9.17, 15) is 17.6 Å². The van der Waals surface area contributed by atoms with Crippen molar-refractivity contribution < 1.29 is 22.3 Å². The number of nitrogens with two attached hydrogens (primary N) is 1. The first-order chi connectivity index (χ1) is 13.7. The molecule has 0 radical (unpaired) electrons. The Morgan fingerprint density at radius 1 is 1.17 bits per heavy atom. The van der Waals surface area contributed by atoms with Gasteiger partial charge in [-0.05, 0) is 62.4 Å². The van der Waals surface area contributed by atoms with E-state index in [4.69, 9.17) is 9.88 Å². The molecule has 0 aromatic heterocycles. The summed E-state index contributed by atoms with van der Waals surface area (Å²) in [5, 5.41) is 7.93. The highest BCUT2D eigenvalue weighted by molar-refractivity contribution is 7.89. The Morgan fingerprint density at radius 2 is 1.79 bits per heavy atom. The molecule has 1 unspecified atom stereocenters. The first-order valence-electron chi connectivity index (χ1n) is 9.15. The summed E-state index contributed by atoms with van der Waals surface area (Å²) < 4.78 is 40.9. The maximum atomic E-state index is 12.9. The van der Waals surface area contributed by atoms with E-state index in [-0.39, 0.29) is 22.7 Å². The van der Waals surface area contributed by atoms with Gasteiger partial charge in [-0.1, -0.05) is 12.1 Å². The lowest BCUT2D eigenvalue weighted by Gasteiger charge is -2.23. The minimum Gasteiger partial charge on any atom is -0.492 e. The number of nitrogens with zero attached hydrogens (tertiary/aromatic N) is 1. The molecule has 2 aromatic rings. The van der Waals surface area contributed by atoms with E-state index in [1.54, 1.807) is 31.2 Å². The van der Waals surface area contributed by atoms with Crippen LogP contribution in [0.2, 0.25) is 0 Å². The fraction of sp³-hybridized carbons (Fsp3) is 0.350. The van der Waals surface area contributed by atoms with Crippen LogP contribution in [0.15, 0.2) is 53.4 Å². The third-order valence-electron chi connectivity index (χ3n) is 4.53. The standard InChI is InChI=1S/C20H26FN3O4S/c1-15(24(2)13-14-28-18-7-5-17(21)6-8-18)20(25)23-12-11-16-3-9-19(10-4-16)29(22,26)27/h3-10,15H,11-14H2,1-2H3,(H,23,25)(H2,22,26,27). The van der Waals surface area contributed by atoms with Gasteiger partial charge in [-0.25, -0.2) is 17.9 Å². The fourth-order valence-electron chi connectivity index (χ4n) is 2.56. The van der Waals surface area contributed by atoms with Crippen LogP contribution in [-0.2, 0) is 21.2 Å². The molecule has 3 N–H and O–H groups in total. The van der Waals surface area contributed by atoms with Crippen LogP contribution in [-0.4, -0.2) is 52.0 Å². The number of ether oxygens (including phenoxy) is 1. The summed E-state index contributed by atoms with van der Waals surface area (Å²) in [6.45, 7) is 3.13. The molecule has 0 aliphatic carbocycles. The Bertz CT molecular complexity index is 902. The van der Waals surface area contributed by atoms with Gasteiger partial charge in [0.25, 0.3) is 0 Å². The van der Waals surface area contributed by atoms with Gasteiger partial charge in [0, 0.05) is 13.1 Å². The van der Waals surface area contributed by atoms with Crippen LogP contribution in [0.5, 0.6) is 5.75 Å². The Labute approximate surface area is 170 Å². The Kier molecular flexibility index (Phi) is 8.12. The van der Waals surface area contributed by atoms with Crippen LogP contribution in [0.25, 0.3) is 0 Å². The van der Waals surface area contributed by atoms with Gasteiger partial charge in [0.15, 0.2) is 0 Å². The molecule has 1 atom stereocenters. The van der Waals surface area contributed by atoms with Gasteiger partial charge < -0.3 is 10.1 Å². The van der Waals surface area contributed by atoms with Gasteiger partial charge in [0.2, 0.25) is 15.9 Å². The van der Waals surface area contributed by atoms with Crippen LogP contribution < -0.4 is 15.2 Å². The monoisotopic (exact) mass is 423 g/mol. The summed E-state index contributed by atoms with van der Waals surface area (Å²) in [5.74, 6) is 0.140. The summed E-state index contributed by atoms with van der Waals surface area (Å²) in [6, 6.07) is 11.7. The molecule has 0 saturated heterocycles. The third kappa shape index (κ3) is 7.45. The van der Waals surface area contributed by atoms with Gasteiger partial charge in [0.1, 0.15) is 18.2 Å². The molecule has 0 spiro atoms. The molecular weight excluding hydrogens is 397 g/mol. The SMILES string of the molecule is CC(C(=O)NCCc1ccc(S(N)(=O)=O)cc1)N(C)CCOc1ccc(F)cc1. The molecule has 9 heteroatoms. The molecule has 2 aromatic carbocycles. The number of hydrogen-bond acceptors (Lipinski definition) is 5. The van der Waals surface area contributed by atoms with Gasteiger partial charge in [-0.15, -0.1) is 0 Å². The van der Waals surface area contributed by atoms with E-state index in [0.29, 0.717) is 31.9 Å². The Balaban J connectivity index is 1.71. The van der Waals surface area contributed by atoms with Gasteiger partial charge in [0.05, 0.1) is 10.9 Å². The summed E-state index contributed by atoms with van der Waals surface area (Å²) in [5.41, 5.74) is 0.895. The first-order valence-corrected chi connectivity index (χ1v) is 10.7. The first kappa shape index (κ1) is 22.8. The second-order valence-corrected chi connectivity index (χ2v) is 8.25. The molecule has 29 heavy (non-hydrogen) atoms. The van der Waals surface area contributed by atoms with Crippen molar-refractivity contribution in [3.63, 3.8) is 0 Å². The van der Waals surface area contributed by atoms with Crippen molar-refractivity contribution in [3.05, 3.63) is 59.9 Å².